The van der Waals surface area contributed by atoms with Crippen molar-refractivity contribution in [2.24, 2.45) is 0 Å². The van der Waals surface area contributed by atoms with Gasteiger partial charge in [0, 0.05) is 15.7 Å². The maximum Gasteiger partial charge on any atom is 0.338 e. The third-order valence-corrected chi connectivity index (χ3v) is 4.31. The molecule has 2 aromatic rings. The zero-order valence-corrected chi connectivity index (χ0v) is 16.8. The highest BCUT2D eigenvalue weighted by atomic mass is 79.9. The molecule has 1 aromatic heterocycles. The lowest BCUT2D eigenvalue weighted by atomic mass is 9.95. The lowest BCUT2D eigenvalue weighted by Crippen LogP contribution is -2.33. The summed E-state index contributed by atoms with van der Waals surface area (Å²) in [5.74, 6) is 0.632. The van der Waals surface area contributed by atoms with Crippen LogP contribution in [0.1, 0.15) is 39.3 Å². The largest absolute Gasteiger partial charge is 0.496 e. The number of nitrogens with one attached hydrogen (secondary N) is 1. The van der Waals surface area contributed by atoms with Crippen molar-refractivity contribution >= 4 is 27.8 Å². The first-order valence-corrected chi connectivity index (χ1v) is 8.83. The van der Waals surface area contributed by atoms with Gasteiger partial charge < -0.3 is 14.8 Å². The molecule has 0 spiro atoms. The summed E-state index contributed by atoms with van der Waals surface area (Å²) in [6.45, 7) is 7.28. The second-order valence-electron chi connectivity index (χ2n) is 6.90. The highest BCUT2D eigenvalue weighted by molar-refractivity contribution is 9.10. The lowest BCUT2D eigenvalue weighted by molar-refractivity contribution is -0.150. The van der Waals surface area contributed by atoms with Crippen LogP contribution in [0.2, 0.25) is 0 Å². The Balaban J connectivity index is 2.19. The zero-order chi connectivity index (χ0) is 19.1. The predicted octanol–water partition coefficient (Wildman–Crippen LogP) is 3.07. The van der Waals surface area contributed by atoms with Crippen molar-refractivity contribution < 1.29 is 14.3 Å². The van der Waals surface area contributed by atoms with Crippen molar-refractivity contribution in [2.45, 2.75) is 39.3 Å². The molecule has 0 amide bonds. The molecule has 0 aliphatic carbocycles. The summed E-state index contributed by atoms with van der Waals surface area (Å²) in [7, 11) is 1.58. The van der Waals surface area contributed by atoms with Gasteiger partial charge in [-0.3, -0.25) is 0 Å². The Morgan fingerprint density at radius 3 is 2.73 bits per heavy atom. The molecule has 0 bridgehead atoms. The van der Waals surface area contributed by atoms with Crippen LogP contribution in [0.15, 0.2) is 33.9 Å². The average Bonchev–Trinajstić information content (AvgIpc) is 2.99. The van der Waals surface area contributed by atoms with Gasteiger partial charge in [-0.15, -0.1) is 0 Å². The molecule has 138 valence electrons. The number of rotatable bonds is 3. The van der Waals surface area contributed by atoms with Crippen LogP contribution in [-0.2, 0) is 9.53 Å². The number of benzene rings is 1. The summed E-state index contributed by atoms with van der Waals surface area (Å²) in [6, 6.07) is 5.00. The smallest absolute Gasteiger partial charge is 0.338 e. The molecule has 0 saturated carbocycles. The Labute approximate surface area is 159 Å². The first kappa shape index (κ1) is 18.4. The molecule has 0 fully saturated rings. The molecule has 3 rings (SSSR count). The summed E-state index contributed by atoms with van der Waals surface area (Å²) in [6.07, 6.45) is 0. The summed E-state index contributed by atoms with van der Waals surface area (Å²) >= 11 is 3.48. The van der Waals surface area contributed by atoms with Crippen molar-refractivity contribution in [3.8, 4) is 5.75 Å². The van der Waals surface area contributed by atoms with Crippen LogP contribution in [-0.4, -0.2) is 38.9 Å². The second kappa shape index (κ2) is 6.71. The summed E-state index contributed by atoms with van der Waals surface area (Å²) in [4.78, 5) is 13.0. The van der Waals surface area contributed by atoms with Gasteiger partial charge in [-0.25, -0.2) is 4.79 Å². The normalized spacial score (nSPS) is 16.8. The van der Waals surface area contributed by atoms with E-state index >= 15 is 0 Å². The number of halogens is 1. The monoisotopic (exact) mass is 421 g/mol. The van der Waals surface area contributed by atoms with Crippen molar-refractivity contribution in [2.75, 3.05) is 12.4 Å². The molecular weight excluding hydrogens is 402 g/mol. The van der Waals surface area contributed by atoms with E-state index in [1.54, 1.807) is 18.7 Å². The molecular formula is C17H20BrN5O3. The van der Waals surface area contributed by atoms with Gasteiger partial charge in [-0.1, -0.05) is 21.0 Å². The molecule has 8 nitrogen and oxygen atoms in total. The van der Waals surface area contributed by atoms with Crippen LogP contribution < -0.4 is 10.1 Å². The number of tetrazole rings is 1. The zero-order valence-electron chi connectivity index (χ0n) is 15.2. The quantitative estimate of drug-likeness (QED) is 0.761. The minimum atomic E-state index is -0.628. The highest BCUT2D eigenvalue weighted by Gasteiger charge is 2.37. The van der Waals surface area contributed by atoms with E-state index in [0.29, 0.717) is 23.0 Å². The molecule has 26 heavy (non-hydrogen) atoms. The Morgan fingerprint density at radius 2 is 2.08 bits per heavy atom. The number of hydrogen-bond acceptors (Lipinski definition) is 7. The molecule has 1 unspecified atom stereocenters. The van der Waals surface area contributed by atoms with E-state index in [0.717, 1.165) is 10.0 Å². The number of methoxy groups -OCH3 is 1. The van der Waals surface area contributed by atoms with Crippen LogP contribution in [0.5, 0.6) is 5.75 Å². The summed E-state index contributed by atoms with van der Waals surface area (Å²) < 4.78 is 13.5. The molecule has 2 heterocycles. The fourth-order valence-electron chi connectivity index (χ4n) is 2.82. The van der Waals surface area contributed by atoms with Crippen LogP contribution in [0, 0.1) is 0 Å². The van der Waals surface area contributed by atoms with Crippen LogP contribution >= 0.6 is 15.9 Å². The third-order valence-electron chi connectivity index (χ3n) is 3.82. The fourth-order valence-corrected chi connectivity index (χ4v) is 3.19. The number of nitrogens with zero attached hydrogens (tertiary/aromatic N) is 4. The average molecular weight is 422 g/mol. The topological polar surface area (TPSA) is 91.2 Å². The van der Waals surface area contributed by atoms with Crippen LogP contribution in [0.4, 0.5) is 5.95 Å². The number of anilines is 1. The fraction of sp³-hybridized carbons (Fsp3) is 0.412. The number of fused-ring (bicyclic) bond motifs is 1. The first-order valence-electron chi connectivity index (χ1n) is 8.03. The Morgan fingerprint density at radius 1 is 1.35 bits per heavy atom. The van der Waals surface area contributed by atoms with Crippen LogP contribution in [0.25, 0.3) is 0 Å². The molecule has 1 aliphatic heterocycles. The van der Waals surface area contributed by atoms with E-state index in [1.165, 1.54) is 0 Å². The van der Waals surface area contributed by atoms with Gasteiger partial charge in [0.05, 0.1) is 12.7 Å². The predicted molar refractivity (Wildman–Crippen MR) is 98.8 cm³/mol. The minimum absolute atomic E-state index is 0.427. The number of carbonyl (C=O) groups excluding carboxylic acids is 1. The van der Waals surface area contributed by atoms with Crippen molar-refractivity contribution in [3.05, 3.63) is 39.5 Å². The van der Waals surface area contributed by atoms with Crippen LogP contribution in [0.3, 0.4) is 0 Å². The standard InChI is InChI=1S/C17H20BrN5O3/c1-9-13(15(24)26-17(2,3)4)14(23-16(19-9)20-21-22-23)11-8-10(18)6-7-12(11)25-5/h6-8,14H,1-5H3,(H,19,20,22). The van der Waals surface area contributed by atoms with Crippen molar-refractivity contribution in [1.29, 1.82) is 0 Å². The SMILES string of the molecule is COc1ccc(Br)cc1C1C(C(=O)OC(C)(C)C)=C(C)Nc2nnnn21. The van der Waals surface area contributed by atoms with E-state index in [1.807, 2.05) is 39.0 Å². The summed E-state index contributed by atoms with van der Waals surface area (Å²) in [5, 5.41) is 14.8. The highest BCUT2D eigenvalue weighted by Crippen LogP contribution is 2.40. The van der Waals surface area contributed by atoms with Gasteiger partial charge in [0.2, 0.25) is 5.95 Å². The maximum absolute atomic E-state index is 13.0. The molecule has 1 N–H and O–H groups in total. The number of allylic oxidation sites excluding steroid dienone is 1. The molecule has 9 heteroatoms. The Kier molecular flexibility index (Phi) is 4.74. The minimum Gasteiger partial charge on any atom is -0.496 e. The van der Waals surface area contributed by atoms with Gasteiger partial charge in [-0.2, -0.15) is 4.68 Å². The van der Waals surface area contributed by atoms with E-state index < -0.39 is 17.6 Å². The van der Waals surface area contributed by atoms with Crippen molar-refractivity contribution in [3.63, 3.8) is 0 Å². The van der Waals surface area contributed by atoms with Gasteiger partial charge >= 0.3 is 5.97 Å². The third kappa shape index (κ3) is 3.44. The first-order chi connectivity index (χ1) is 12.2. The van der Waals surface area contributed by atoms with Crippen molar-refractivity contribution in [1.82, 2.24) is 20.2 Å². The van der Waals surface area contributed by atoms with E-state index in [9.17, 15) is 4.79 Å². The molecule has 0 saturated heterocycles. The van der Waals surface area contributed by atoms with E-state index in [4.69, 9.17) is 9.47 Å². The number of hydrogen-bond donors (Lipinski definition) is 1. The number of esters is 1. The number of aromatic nitrogens is 4. The van der Waals surface area contributed by atoms with E-state index in [2.05, 4.69) is 36.8 Å². The number of ether oxygens (including phenoxy) is 2. The lowest BCUT2D eigenvalue weighted by Gasteiger charge is -2.30. The Bertz CT molecular complexity index is 885. The molecule has 1 atom stereocenters. The Hall–Kier alpha value is -2.42. The van der Waals surface area contributed by atoms with E-state index in [-0.39, 0.29) is 0 Å². The molecule has 1 aromatic carbocycles. The maximum atomic E-state index is 13.0. The molecule has 0 radical (unpaired) electrons. The summed E-state index contributed by atoms with van der Waals surface area (Å²) in [5.41, 5.74) is 1.18. The van der Waals surface area contributed by atoms with Gasteiger partial charge in [0.15, 0.2) is 0 Å². The molecule has 1 aliphatic rings. The van der Waals surface area contributed by atoms with Gasteiger partial charge in [0.25, 0.3) is 0 Å². The van der Waals surface area contributed by atoms with Gasteiger partial charge in [0.1, 0.15) is 17.4 Å². The van der Waals surface area contributed by atoms with Gasteiger partial charge in [-0.05, 0) is 56.3 Å². The number of carbonyl (C=O) groups is 1. The second-order valence-corrected chi connectivity index (χ2v) is 7.82.